The molecule has 2 aromatic rings. The number of fused-ring (bicyclic) bond motifs is 1. The predicted octanol–water partition coefficient (Wildman–Crippen LogP) is -4.56. The topological polar surface area (TPSA) is 447 Å². The maximum atomic E-state index is 11.7. The van der Waals surface area contributed by atoms with Crippen LogP contribution in [0.5, 0.6) is 0 Å². The second kappa shape index (κ2) is 13.1. The molecule has 0 amide bonds. The third kappa shape index (κ3) is 9.85. The van der Waals surface area contributed by atoms with Crippen molar-refractivity contribution in [3.05, 3.63) is 16.7 Å². The van der Waals surface area contributed by atoms with Gasteiger partial charge in [-0.25, -0.2) is 4.98 Å². The van der Waals surface area contributed by atoms with Crippen LogP contribution in [0.15, 0.2) is 11.1 Å². The number of hydrogen-bond acceptors (Lipinski definition) is 14. The van der Waals surface area contributed by atoms with E-state index in [0.29, 0.717) is 0 Å². The summed E-state index contributed by atoms with van der Waals surface area (Å²) >= 11 is 0. The number of aliphatic hydroxyl groups excluding tert-OH is 2. The van der Waals surface area contributed by atoms with Gasteiger partial charge in [-0.3, -0.25) is 14.3 Å². The number of anilines is 1. The Morgan fingerprint density at radius 1 is 1.15 bits per heavy atom. The number of nitrogens with one attached hydrogen (secondary N) is 1. The van der Waals surface area contributed by atoms with Crippen molar-refractivity contribution in [2.45, 2.75) is 24.5 Å². The molecule has 23 heteroatoms. The molecule has 33 heavy (non-hydrogen) atoms. The van der Waals surface area contributed by atoms with E-state index in [-0.39, 0.29) is 41.7 Å². The molecule has 3 rings (SSSR count). The first-order valence-electron chi connectivity index (χ1n) is 7.38. The van der Waals surface area contributed by atoms with Gasteiger partial charge in [0.2, 0.25) is 5.95 Å². The highest BCUT2D eigenvalue weighted by molar-refractivity contribution is 7.46. The highest BCUT2D eigenvalue weighted by atomic mass is 31.2. The van der Waals surface area contributed by atoms with Crippen LogP contribution in [0.3, 0.4) is 0 Å². The van der Waals surface area contributed by atoms with Crippen molar-refractivity contribution >= 4 is 32.7 Å². The average Bonchev–Trinajstić information content (AvgIpc) is 3.06. The minimum atomic E-state index is -5.26. The first-order valence-corrected chi connectivity index (χ1v) is 10.5. The van der Waals surface area contributed by atoms with Gasteiger partial charge in [-0.2, -0.15) is 4.98 Å². The lowest BCUT2D eigenvalue weighted by atomic mass is 10.1. The number of aromatic nitrogens is 4. The molecule has 1 aliphatic rings. The number of rotatable bonds is 4. The van der Waals surface area contributed by atoms with E-state index in [9.17, 15) is 29.4 Å². The van der Waals surface area contributed by atoms with Crippen molar-refractivity contribution in [2.24, 2.45) is 5.50 Å². The summed E-state index contributed by atoms with van der Waals surface area (Å²) in [5, 5.41) is 20.0. The van der Waals surface area contributed by atoms with E-state index < -0.39 is 52.3 Å². The van der Waals surface area contributed by atoms with Crippen molar-refractivity contribution in [2.75, 3.05) is 12.3 Å². The normalized spacial score (nSPS) is 22.0. The number of imidazole rings is 1. The zero-order valence-corrected chi connectivity index (χ0v) is 19.8. The molecule has 0 spiro atoms. The van der Waals surface area contributed by atoms with Gasteiger partial charge in [0.15, 0.2) is 17.4 Å². The molecule has 0 bridgehead atoms. The standard InChI is InChI=1S/C10H14N5O8P.H4NO3P.4H3N/c11-10-13-7-4(8(18)14-10)12-2-15(7)9-6(17)5(16)3(23-9)1-22-24(19,20)21;1-5(2,3)4;;;;/h2-3,5-6,9,16-17H,1H2,(H2,19,20,21)(H3,11,13,14,18);(H4,1,2,3,4);4*1H3/t3-,5-,6-,9-;;;;;/m1...../s1. The van der Waals surface area contributed by atoms with E-state index in [0.717, 1.165) is 10.9 Å². The van der Waals surface area contributed by atoms with Gasteiger partial charge in [0.25, 0.3) is 5.56 Å². The summed E-state index contributed by atoms with van der Waals surface area (Å²) in [6, 6.07) is 0. The fourth-order valence-electron chi connectivity index (χ4n) is 2.39. The molecule has 1 fully saturated rings. The number of nitrogen functional groups attached to an aromatic ring is 1. The number of aromatic amines is 1. The molecule has 0 unspecified atom stereocenters. The lowest BCUT2D eigenvalue weighted by Gasteiger charge is -2.30. The first kappa shape index (κ1) is 35.7. The van der Waals surface area contributed by atoms with E-state index in [1.165, 1.54) is 0 Å². The fourth-order valence-corrected chi connectivity index (χ4v) is 2.72. The maximum Gasteiger partial charge on any atom is 0.280 e. The quantitative estimate of drug-likeness (QED) is 0.169. The average molecular weight is 528 g/mol. The minimum absolute atomic E-state index is 0. The molecule has 21 nitrogen and oxygen atoms in total. The van der Waals surface area contributed by atoms with E-state index in [1.54, 1.807) is 0 Å². The summed E-state index contributed by atoms with van der Waals surface area (Å²) in [5.74, 6) is -0.194. The van der Waals surface area contributed by atoms with Crippen molar-refractivity contribution in [1.82, 2.24) is 44.1 Å². The number of nitrogens with two attached hydrogens (primary N) is 2. The number of phosphoric ester groups is 1. The Hall–Kier alpha value is -1.91. The molecular weight excluding hydrogens is 498 g/mol. The van der Waals surface area contributed by atoms with Crippen LogP contribution in [0, 0.1) is 0 Å². The van der Waals surface area contributed by atoms with Gasteiger partial charge in [0.1, 0.15) is 18.3 Å². The van der Waals surface area contributed by atoms with Gasteiger partial charge >= 0.3 is 0 Å². The number of ether oxygens (including phenoxy) is 1. The first-order chi connectivity index (χ1) is 13.2. The fraction of sp³-hybridized carbons (Fsp3) is 0.500. The van der Waals surface area contributed by atoms with Gasteiger partial charge in [-0.05, 0) is 7.75 Å². The number of phosphoric acid groups is 1. The smallest absolute Gasteiger partial charge is 0.280 e. The molecular formula is C10H30N10O11P2. The van der Waals surface area contributed by atoms with Crippen molar-refractivity contribution in [1.29, 1.82) is 0 Å². The molecule has 1 saturated heterocycles. The molecule has 196 valence electrons. The van der Waals surface area contributed by atoms with E-state index in [4.69, 9.17) is 24.8 Å². The Morgan fingerprint density at radius 2 is 1.67 bits per heavy atom. The van der Waals surface area contributed by atoms with Crippen LogP contribution < -0.4 is 61.0 Å². The zero-order chi connectivity index (χ0) is 22.1. The number of H-pyrrole nitrogens is 1. The van der Waals surface area contributed by atoms with Crippen LogP contribution in [0.25, 0.3) is 11.2 Å². The van der Waals surface area contributed by atoms with Crippen molar-refractivity contribution in [3.63, 3.8) is 0 Å². The van der Waals surface area contributed by atoms with Gasteiger partial charge in [-0.1, -0.05) is 0 Å². The number of hydrogen-bond donors (Lipinski definition) is 9. The van der Waals surface area contributed by atoms with Crippen molar-refractivity contribution < 1.29 is 48.2 Å². The van der Waals surface area contributed by atoms with Gasteiger partial charge in [-0.15, -0.1) is 0 Å². The second-order valence-corrected chi connectivity index (χ2v) is 7.84. The molecule has 1 aliphatic heterocycles. The predicted molar refractivity (Wildman–Crippen MR) is 108 cm³/mol. The van der Waals surface area contributed by atoms with Crippen molar-refractivity contribution in [3.8, 4) is 0 Å². The summed E-state index contributed by atoms with van der Waals surface area (Å²) in [7, 11) is -9.90. The summed E-state index contributed by atoms with van der Waals surface area (Å²) in [6.45, 7) is -0.776. The molecule has 0 aromatic carbocycles. The van der Waals surface area contributed by atoms with E-state index in [2.05, 4.69) is 25.0 Å². The number of aliphatic hydroxyl groups is 2. The molecule has 3 heterocycles. The lowest BCUT2D eigenvalue weighted by Crippen LogP contribution is -2.34. The Balaban J connectivity index is -0.000000910. The lowest BCUT2D eigenvalue weighted by molar-refractivity contribution is -0.343. The summed E-state index contributed by atoms with van der Waals surface area (Å²) in [5.41, 5.74) is 8.57. The summed E-state index contributed by atoms with van der Waals surface area (Å²) < 4.78 is 29.9. The highest BCUT2D eigenvalue weighted by Gasteiger charge is 2.44. The van der Waals surface area contributed by atoms with Crippen LogP contribution >= 0.6 is 15.6 Å². The van der Waals surface area contributed by atoms with Crippen LogP contribution in [0.1, 0.15) is 6.23 Å². The van der Waals surface area contributed by atoms with E-state index in [1.807, 2.05) is 0 Å². The Bertz CT molecular complexity index is 1010. The summed E-state index contributed by atoms with van der Waals surface area (Å²) in [6.07, 6.45) is -4.46. The molecule has 0 aliphatic carbocycles. The van der Waals surface area contributed by atoms with Crippen LogP contribution in [-0.4, -0.2) is 54.7 Å². The Kier molecular flexibility index (Phi) is 14.2. The molecule has 23 N–H and O–H groups in total. The minimum Gasteiger partial charge on any atom is -0.799 e. The number of nitrogens with zero attached hydrogens (tertiary/aromatic N) is 3. The molecule has 0 radical (unpaired) electrons. The molecule has 0 saturated carbocycles. The van der Waals surface area contributed by atoms with Gasteiger partial charge in [0, 0.05) is 0 Å². The maximum absolute atomic E-state index is 11.7. The third-order valence-electron chi connectivity index (χ3n) is 3.46. The van der Waals surface area contributed by atoms with Gasteiger partial charge in [0.05, 0.1) is 20.8 Å². The third-order valence-corrected chi connectivity index (χ3v) is 3.92. The Labute approximate surface area is 184 Å². The summed E-state index contributed by atoms with van der Waals surface area (Å²) in [4.78, 5) is 60.5. The highest BCUT2D eigenvalue weighted by Crippen LogP contribution is 2.33. The van der Waals surface area contributed by atoms with Crippen LogP contribution in [-0.2, 0) is 18.4 Å². The SMILES string of the molecule is NP(=O)([O-])[O-].Nc1nc2c(ncn2[C@@H]2O[C@H](COP(=O)([O-])[O-])[C@@H](O)[C@H]2O)c(=O)[nH]1.[NH4+].[NH4+].[NH4+].[NH4+]. The van der Waals surface area contributed by atoms with Gasteiger partial charge < -0.3 is 84.0 Å². The molecule has 2 aromatic heterocycles. The second-order valence-electron chi connectivity index (χ2n) is 5.60. The number of quaternary nitrogens is 4. The largest absolute Gasteiger partial charge is 0.799 e. The zero-order valence-electron chi connectivity index (χ0n) is 18.1. The Morgan fingerprint density at radius 3 is 2.15 bits per heavy atom. The van der Waals surface area contributed by atoms with Crippen LogP contribution in [0.2, 0.25) is 0 Å². The van der Waals surface area contributed by atoms with E-state index >= 15 is 0 Å². The van der Waals surface area contributed by atoms with Crippen LogP contribution in [0.4, 0.5) is 5.95 Å². The monoisotopic (exact) mass is 528 g/mol. The molecule has 4 atom stereocenters.